The topological polar surface area (TPSA) is 215 Å². The first-order valence-electron chi connectivity index (χ1n) is 8.42. The second kappa shape index (κ2) is 12.5. The van der Waals surface area contributed by atoms with Crippen LogP contribution in [0.25, 0.3) is 0 Å². The number of amides is 3. The number of hydrogen-bond acceptors (Lipinski definition) is 6. The fourth-order valence-corrected chi connectivity index (χ4v) is 1.96. The van der Waals surface area contributed by atoms with Gasteiger partial charge >= 0.3 is 5.97 Å². The number of carboxylic acid groups (broad SMARTS) is 1. The van der Waals surface area contributed by atoms with Gasteiger partial charge in [-0.25, -0.2) is 0 Å². The molecule has 0 aromatic carbocycles. The molecule has 0 aliphatic rings. The van der Waals surface area contributed by atoms with Gasteiger partial charge in [-0.15, -0.1) is 0 Å². The molecule has 0 aliphatic carbocycles. The molecule has 2 unspecified atom stereocenters. The second-order valence-electron chi connectivity index (χ2n) is 6.17. The van der Waals surface area contributed by atoms with Gasteiger partial charge in [-0.2, -0.15) is 0 Å². The molecule has 0 fully saturated rings. The molecule has 0 aliphatic heterocycles. The van der Waals surface area contributed by atoms with E-state index >= 15 is 0 Å². The molecule has 154 valence electrons. The van der Waals surface area contributed by atoms with Crippen molar-refractivity contribution in [1.82, 2.24) is 16.0 Å². The number of nitrogens with zero attached hydrogens (tertiary/aromatic N) is 1. The van der Waals surface area contributed by atoms with E-state index in [2.05, 4.69) is 20.9 Å². The molecule has 0 heterocycles. The van der Waals surface area contributed by atoms with Gasteiger partial charge in [-0.3, -0.25) is 24.2 Å². The van der Waals surface area contributed by atoms with Crippen molar-refractivity contribution in [2.24, 2.45) is 28.1 Å². The van der Waals surface area contributed by atoms with Gasteiger partial charge < -0.3 is 38.3 Å². The number of nitrogens with one attached hydrogen (secondary N) is 3. The van der Waals surface area contributed by atoms with E-state index < -0.39 is 48.9 Å². The smallest absolute Gasteiger partial charge is 0.322 e. The average Bonchev–Trinajstić information content (AvgIpc) is 2.58. The van der Waals surface area contributed by atoms with Crippen molar-refractivity contribution in [2.75, 3.05) is 19.6 Å². The molecule has 0 aromatic heterocycles. The number of carboxylic acids is 1. The standard InChI is InChI=1S/C15H29N7O5/c1-8(2)12(14(27)21-6-10(23)20-7-11(24)25)22-13(26)9(16)4-3-5-19-15(17)18/h8-9,12H,3-7,16H2,1-2H3,(H,20,23)(H,21,27)(H,22,26)(H,24,25)(H4,17,18,19). The molecular formula is C15H29N7O5. The van der Waals surface area contributed by atoms with Gasteiger partial charge in [0.1, 0.15) is 12.6 Å². The van der Waals surface area contributed by atoms with Crippen LogP contribution in [-0.2, 0) is 19.2 Å². The summed E-state index contributed by atoms with van der Waals surface area (Å²) in [5.41, 5.74) is 16.2. The maximum absolute atomic E-state index is 12.2. The molecule has 0 spiro atoms. The highest BCUT2D eigenvalue weighted by Gasteiger charge is 2.26. The maximum Gasteiger partial charge on any atom is 0.322 e. The van der Waals surface area contributed by atoms with E-state index in [-0.39, 0.29) is 11.9 Å². The van der Waals surface area contributed by atoms with Crippen LogP contribution in [0.4, 0.5) is 0 Å². The lowest BCUT2D eigenvalue weighted by Gasteiger charge is -2.23. The van der Waals surface area contributed by atoms with Gasteiger partial charge in [0, 0.05) is 6.54 Å². The third-order valence-electron chi connectivity index (χ3n) is 3.41. The van der Waals surface area contributed by atoms with Gasteiger partial charge in [0.05, 0.1) is 12.6 Å². The van der Waals surface area contributed by atoms with E-state index in [1.807, 2.05) is 0 Å². The Labute approximate surface area is 157 Å². The van der Waals surface area contributed by atoms with Crippen LogP contribution in [0.3, 0.4) is 0 Å². The molecule has 0 radical (unpaired) electrons. The molecule has 12 heteroatoms. The van der Waals surface area contributed by atoms with Gasteiger partial charge in [-0.1, -0.05) is 13.8 Å². The molecule has 3 amide bonds. The van der Waals surface area contributed by atoms with Crippen LogP contribution in [0.1, 0.15) is 26.7 Å². The van der Waals surface area contributed by atoms with Gasteiger partial charge in [-0.05, 0) is 18.8 Å². The number of carbonyl (C=O) groups is 4. The summed E-state index contributed by atoms with van der Waals surface area (Å²) < 4.78 is 0. The van der Waals surface area contributed by atoms with Crippen LogP contribution >= 0.6 is 0 Å². The molecule has 10 N–H and O–H groups in total. The molecule has 27 heavy (non-hydrogen) atoms. The number of hydrogen-bond donors (Lipinski definition) is 7. The largest absolute Gasteiger partial charge is 0.480 e. The van der Waals surface area contributed by atoms with Crippen LogP contribution in [-0.4, -0.2) is 66.5 Å². The summed E-state index contributed by atoms with van der Waals surface area (Å²) in [5.74, 6) is -3.24. The Morgan fingerprint density at radius 3 is 2.19 bits per heavy atom. The first-order chi connectivity index (χ1) is 12.5. The summed E-state index contributed by atoms with van der Waals surface area (Å²) in [5, 5.41) is 15.5. The van der Waals surface area contributed by atoms with Crippen LogP contribution in [0, 0.1) is 5.92 Å². The lowest BCUT2D eigenvalue weighted by atomic mass is 10.0. The highest BCUT2D eigenvalue weighted by Crippen LogP contribution is 2.04. The summed E-state index contributed by atoms with van der Waals surface area (Å²) in [6.45, 7) is 2.82. The summed E-state index contributed by atoms with van der Waals surface area (Å²) in [7, 11) is 0. The van der Waals surface area contributed by atoms with E-state index in [9.17, 15) is 19.2 Å². The van der Waals surface area contributed by atoms with Crippen molar-refractivity contribution in [3.05, 3.63) is 0 Å². The zero-order valence-electron chi connectivity index (χ0n) is 15.5. The van der Waals surface area contributed by atoms with Crippen LogP contribution < -0.4 is 33.2 Å². The maximum atomic E-state index is 12.2. The van der Waals surface area contributed by atoms with Crippen LogP contribution in [0.2, 0.25) is 0 Å². The number of aliphatic imine (C=N–C) groups is 1. The van der Waals surface area contributed by atoms with Crippen molar-refractivity contribution >= 4 is 29.7 Å². The SMILES string of the molecule is CC(C)C(NC(=O)C(N)CCCN=C(N)N)C(=O)NCC(=O)NCC(=O)O. The third kappa shape index (κ3) is 11.4. The lowest BCUT2D eigenvalue weighted by molar-refractivity contribution is -0.138. The first-order valence-corrected chi connectivity index (χ1v) is 8.42. The van der Waals surface area contributed by atoms with Crippen LogP contribution in [0.5, 0.6) is 0 Å². The minimum absolute atomic E-state index is 0.0445. The number of aliphatic carboxylic acids is 1. The molecular weight excluding hydrogens is 358 g/mol. The van der Waals surface area contributed by atoms with Crippen molar-refractivity contribution < 1.29 is 24.3 Å². The van der Waals surface area contributed by atoms with Crippen LogP contribution in [0.15, 0.2) is 4.99 Å². The Hall–Kier alpha value is -2.89. The minimum atomic E-state index is -1.20. The zero-order chi connectivity index (χ0) is 21.0. The summed E-state index contributed by atoms with van der Waals surface area (Å²) in [6.07, 6.45) is 0.821. The number of carbonyl (C=O) groups excluding carboxylic acids is 3. The normalized spacial score (nSPS) is 12.6. The monoisotopic (exact) mass is 387 g/mol. The summed E-state index contributed by atoms with van der Waals surface area (Å²) >= 11 is 0. The molecule has 0 rings (SSSR count). The molecule has 0 saturated heterocycles. The van der Waals surface area contributed by atoms with Crippen molar-refractivity contribution in [2.45, 2.75) is 38.8 Å². The average molecular weight is 387 g/mol. The zero-order valence-corrected chi connectivity index (χ0v) is 15.5. The molecule has 0 aromatic rings. The van der Waals surface area contributed by atoms with Gasteiger partial charge in [0.15, 0.2) is 5.96 Å². The second-order valence-corrected chi connectivity index (χ2v) is 6.17. The Morgan fingerprint density at radius 2 is 1.67 bits per heavy atom. The van der Waals surface area contributed by atoms with E-state index in [1.54, 1.807) is 13.8 Å². The van der Waals surface area contributed by atoms with E-state index in [1.165, 1.54) is 0 Å². The Morgan fingerprint density at radius 1 is 1.04 bits per heavy atom. The first kappa shape index (κ1) is 24.1. The highest BCUT2D eigenvalue weighted by molar-refractivity contribution is 5.92. The fraction of sp³-hybridized carbons (Fsp3) is 0.667. The Balaban J connectivity index is 4.50. The summed E-state index contributed by atoms with van der Waals surface area (Å²) in [4.78, 5) is 50.0. The third-order valence-corrected chi connectivity index (χ3v) is 3.41. The lowest BCUT2D eigenvalue weighted by Crippen LogP contribution is -2.54. The predicted molar refractivity (Wildman–Crippen MR) is 98.3 cm³/mol. The van der Waals surface area contributed by atoms with E-state index in [0.717, 1.165) is 0 Å². The molecule has 0 bridgehead atoms. The van der Waals surface area contributed by atoms with Crippen molar-refractivity contribution in [1.29, 1.82) is 0 Å². The number of guanidine groups is 1. The van der Waals surface area contributed by atoms with Gasteiger partial charge in [0.2, 0.25) is 17.7 Å². The predicted octanol–water partition coefficient (Wildman–Crippen LogP) is -3.17. The quantitative estimate of drug-likeness (QED) is 0.103. The Bertz CT molecular complexity index is 561. The minimum Gasteiger partial charge on any atom is -0.480 e. The van der Waals surface area contributed by atoms with E-state index in [0.29, 0.717) is 19.4 Å². The fourth-order valence-electron chi connectivity index (χ4n) is 1.96. The van der Waals surface area contributed by atoms with Crippen molar-refractivity contribution in [3.63, 3.8) is 0 Å². The van der Waals surface area contributed by atoms with Crippen molar-refractivity contribution in [3.8, 4) is 0 Å². The van der Waals surface area contributed by atoms with E-state index in [4.69, 9.17) is 22.3 Å². The molecule has 12 nitrogen and oxygen atoms in total. The highest BCUT2D eigenvalue weighted by atomic mass is 16.4. The molecule has 2 atom stereocenters. The van der Waals surface area contributed by atoms with Gasteiger partial charge in [0.25, 0.3) is 0 Å². The summed E-state index contributed by atoms with van der Waals surface area (Å²) in [6, 6.07) is -1.74. The number of rotatable bonds is 12. The number of nitrogens with two attached hydrogens (primary N) is 3. The Kier molecular flexibility index (Phi) is 11.1. The molecule has 0 saturated carbocycles.